The second-order valence-electron chi connectivity index (χ2n) is 2.77. The number of hydrogen-bond donors (Lipinski definition) is 1. The molecule has 1 aliphatic carbocycles. The van der Waals surface area contributed by atoms with Crippen molar-refractivity contribution in [3.63, 3.8) is 0 Å². The molecule has 2 N–H and O–H groups in total. The first-order valence-electron chi connectivity index (χ1n) is 3.59. The van der Waals surface area contributed by atoms with E-state index in [2.05, 4.69) is 0 Å². The average molecular weight is 129 g/mol. The minimum atomic E-state index is 0.317. The van der Waals surface area contributed by atoms with Crippen molar-refractivity contribution < 1.29 is 4.74 Å². The Labute approximate surface area is 56.4 Å². The third kappa shape index (κ3) is 2.33. The lowest BCUT2D eigenvalue weighted by Gasteiger charge is -2.10. The van der Waals surface area contributed by atoms with E-state index >= 15 is 0 Å². The molecule has 0 aromatic rings. The van der Waals surface area contributed by atoms with Gasteiger partial charge in [-0.25, -0.2) is 0 Å². The Morgan fingerprint density at radius 1 is 1.67 bits per heavy atom. The molecule has 0 radical (unpaired) electrons. The Morgan fingerprint density at radius 2 is 2.33 bits per heavy atom. The van der Waals surface area contributed by atoms with E-state index in [1.807, 2.05) is 0 Å². The summed E-state index contributed by atoms with van der Waals surface area (Å²) in [6.07, 6.45) is 4.27. The summed E-state index contributed by atoms with van der Waals surface area (Å²) in [6.45, 7) is 0.674. The fourth-order valence-corrected chi connectivity index (χ4v) is 1.01. The molecule has 54 valence electrons. The Kier molecular flexibility index (Phi) is 2.49. The number of hydrogen-bond acceptors (Lipinski definition) is 2. The fraction of sp³-hybridized carbons (Fsp3) is 1.00. The van der Waals surface area contributed by atoms with Gasteiger partial charge < -0.3 is 10.5 Å². The molecule has 0 amide bonds. The van der Waals surface area contributed by atoms with Crippen LogP contribution in [0, 0.1) is 5.92 Å². The second-order valence-corrected chi connectivity index (χ2v) is 2.77. The van der Waals surface area contributed by atoms with Gasteiger partial charge in [-0.3, -0.25) is 0 Å². The first-order valence-corrected chi connectivity index (χ1v) is 3.59. The third-order valence-electron chi connectivity index (χ3n) is 1.89. The van der Waals surface area contributed by atoms with Gasteiger partial charge in [0.1, 0.15) is 0 Å². The van der Waals surface area contributed by atoms with Crippen molar-refractivity contribution in [1.82, 2.24) is 0 Å². The van der Waals surface area contributed by atoms with Crippen LogP contribution >= 0.6 is 0 Å². The van der Waals surface area contributed by atoms with E-state index in [-0.39, 0.29) is 0 Å². The highest BCUT2D eigenvalue weighted by Gasteiger charge is 2.24. The van der Waals surface area contributed by atoms with Gasteiger partial charge >= 0.3 is 0 Å². The maximum Gasteiger partial charge on any atom is 0.0696 e. The zero-order chi connectivity index (χ0) is 6.69. The van der Waals surface area contributed by atoms with Gasteiger partial charge in [0.15, 0.2) is 0 Å². The zero-order valence-corrected chi connectivity index (χ0v) is 5.97. The van der Waals surface area contributed by atoms with Crippen molar-refractivity contribution >= 4 is 0 Å². The van der Waals surface area contributed by atoms with Crippen LogP contribution < -0.4 is 5.73 Å². The first kappa shape index (κ1) is 7.03. The summed E-state index contributed by atoms with van der Waals surface area (Å²) < 4.78 is 5.13. The van der Waals surface area contributed by atoms with Crippen LogP contribution in [-0.4, -0.2) is 19.8 Å². The molecule has 0 bridgehead atoms. The number of methoxy groups -OCH3 is 1. The predicted octanol–water partition coefficient (Wildman–Crippen LogP) is 0.760. The quantitative estimate of drug-likeness (QED) is 0.608. The first-order chi connectivity index (χ1) is 4.36. The second kappa shape index (κ2) is 3.18. The van der Waals surface area contributed by atoms with Gasteiger partial charge in [0.2, 0.25) is 0 Å². The Bertz CT molecular complexity index is 77.0. The Morgan fingerprint density at radius 3 is 2.67 bits per heavy atom. The molecule has 2 nitrogen and oxygen atoms in total. The van der Waals surface area contributed by atoms with Crippen molar-refractivity contribution in [2.45, 2.75) is 25.4 Å². The van der Waals surface area contributed by atoms with Crippen LogP contribution in [0.1, 0.15) is 19.3 Å². The highest BCUT2D eigenvalue weighted by atomic mass is 16.5. The molecule has 1 saturated carbocycles. The maximum absolute atomic E-state index is 5.43. The van der Waals surface area contributed by atoms with Crippen molar-refractivity contribution in [3.8, 4) is 0 Å². The summed E-state index contributed by atoms with van der Waals surface area (Å²) in [5.74, 6) is 0.929. The molecule has 1 rings (SSSR count). The summed E-state index contributed by atoms with van der Waals surface area (Å²) in [5, 5.41) is 0. The van der Waals surface area contributed by atoms with Crippen molar-refractivity contribution in [2.75, 3.05) is 13.7 Å². The fourth-order valence-electron chi connectivity index (χ4n) is 1.01. The standard InChI is InChI=1S/C7H15NO/c1-9-7(5-8)4-6-2-3-6/h6-7H,2-5,8H2,1H3. The molecule has 1 unspecified atom stereocenters. The van der Waals surface area contributed by atoms with E-state index in [1.54, 1.807) is 7.11 Å². The number of ether oxygens (including phenoxy) is 1. The summed E-state index contributed by atoms with van der Waals surface area (Å²) in [4.78, 5) is 0. The molecule has 0 heterocycles. The molecule has 0 aromatic heterocycles. The topological polar surface area (TPSA) is 35.2 Å². The number of rotatable bonds is 4. The zero-order valence-electron chi connectivity index (χ0n) is 5.97. The largest absolute Gasteiger partial charge is 0.380 e. The minimum absolute atomic E-state index is 0.317. The molecular formula is C7H15NO. The van der Waals surface area contributed by atoms with Crippen LogP contribution in [0.25, 0.3) is 0 Å². The van der Waals surface area contributed by atoms with E-state index in [1.165, 1.54) is 19.3 Å². The molecule has 1 fully saturated rings. The van der Waals surface area contributed by atoms with Crippen molar-refractivity contribution in [1.29, 1.82) is 0 Å². The van der Waals surface area contributed by atoms with Crippen LogP contribution in [0.15, 0.2) is 0 Å². The minimum Gasteiger partial charge on any atom is -0.380 e. The van der Waals surface area contributed by atoms with Crippen LogP contribution in [0.3, 0.4) is 0 Å². The molecule has 1 atom stereocenters. The molecule has 0 aromatic carbocycles. The van der Waals surface area contributed by atoms with Crippen LogP contribution in [-0.2, 0) is 4.74 Å². The van der Waals surface area contributed by atoms with Gasteiger partial charge in [0.05, 0.1) is 6.10 Å². The lowest BCUT2D eigenvalue weighted by molar-refractivity contribution is 0.0973. The summed E-state index contributed by atoms with van der Waals surface area (Å²) in [5.41, 5.74) is 5.43. The molecular weight excluding hydrogens is 114 g/mol. The molecule has 0 spiro atoms. The molecule has 1 aliphatic rings. The van der Waals surface area contributed by atoms with Crippen LogP contribution in [0.2, 0.25) is 0 Å². The maximum atomic E-state index is 5.43. The SMILES string of the molecule is COC(CN)CC1CC1. The summed E-state index contributed by atoms with van der Waals surface area (Å²) in [7, 11) is 1.74. The predicted molar refractivity (Wildman–Crippen MR) is 37.2 cm³/mol. The van der Waals surface area contributed by atoms with E-state index in [0.717, 1.165) is 5.92 Å². The molecule has 9 heavy (non-hydrogen) atoms. The van der Waals surface area contributed by atoms with Gasteiger partial charge in [-0.15, -0.1) is 0 Å². The van der Waals surface area contributed by atoms with Gasteiger partial charge in [0.25, 0.3) is 0 Å². The monoisotopic (exact) mass is 129 g/mol. The third-order valence-corrected chi connectivity index (χ3v) is 1.89. The molecule has 0 aliphatic heterocycles. The normalized spacial score (nSPS) is 22.0. The highest BCUT2D eigenvalue weighted by Crippen LogP contribution is 2.33. The lowest BCUT2D eigenvalue weighted by Crippen LogP contribution is -2.22. The summed E-state index contributed by atoms with van der Waals surface area (Å²) in [6, 6.07) is 0. The highest BCUT2D eigenvalue weighted by molar-refractivity contribution is 4.77. The van der Waals surface area contributed by atoms with Gasteiger partial charge in [-0.05, 0) is 12.3 Å². The molecule has 2 heteroatoms. The Hall–Kier alpha value is -0.0800. The van der Waals surface area contributed by atoms with Crippen molar-refractivity contribution in [2.24, 2.45) is 11.7 Å². The van der Waals surface area contributed by atoms with E-state index < -0.39 is 0 Å². The van der Waals surface area contributed by atoms with Crippen molar-refractivity contribution in [3.05, 3.63) is 0 Å². The van der Waals surface area contributed by atoms with Crippen LogP contribution in [0.5, 0.6) is 0 Å². The van der Waals surface area contributed by atoms with E-state index in [4.69, 9.17) is 10.5 Å². The van der Waals surface area contributed by atoms with E-state index in [0.29, 0.717) is 12.6 Å². The number of nitrogens with two attached hydrogens (primary N) is 1. The van der Waals surface area contributed by atoms with Gasteiger partial charge in [0, 0.05) is 13.7 Å². The lowest BCUT2D eigenvalue weighted by atomic mass is 10.2. The van der Waals surface area contributed by atoms with Gasteiger partial charge in [-0.2, -0.15) is 0 Å². The van der Waals surface area contributed by atoms with Gasteiger partial charge in [-0.1, -0.05) is 12.8 Å². The average Bonchev–Trinajstić information content (AvgIpc) is 2.66. The summed E-state index contributed by atoms with van der Waals surface area (Å²) >= 11 is 0. The Balaban J connectivity index is 2.05. The smallest absolute Gasteiger partial charge is 0.0696 e. The van der Waals surface area contributed by atoms with E-state index in [9.17, 15) is 0 Å². The van der Waals surface area contributed by atoms with Crippen LogP contribution in [0.4, 0.5) is 0 Å². The molecule has 0 saturated heterocycles.